The molecular weight excluding hydrogens is 379 g/mol. The van der Waals surface area contributed by atoms with Crippen molar-refractivity contribution in [2.24, 2.45) is 0 Å². The molecule has 3 aromatic carbocycles. The highest BCUT2D eigenvalue weighted by Gasteiger charge is 2.31. The highest BCUT2D eigenvalue weighted by Crippen LogP contribution is 2.31. The van der Waals surface area contributed by atoms with Gasteiger partial charge in [-0.1, -0.05) is 54.6 Å². The third-order valence-corrected chi connectivity index (χ3v) is 4.65. The molecule has 0 aliphatic rings. The van der Waals surface area contributed by atoms with Crippen LogP contribution in [0.4, 0.5) is 13.2 Å². The predicted molar refractivity (Wildman–Crippen MR) is 105 cm³/mol. The molecule has 0 fully saturated rings. The summed E-state index contributed by atoms with van der Waals surface area (Å²) in [5.74, 6) is -0.762. The minimum atomic E-state index is -4.59. The lowest BCUT2D eigenvalue weighted by Crippen LogP contribution is -2.19. The molecule has 0 aliphatic heterocycles. The van der Waals surface area contributed by atoms with Crippen molar-refractivity contribution < 1.29 is 18.0 Å². The zero-order chi connectivity index (χ0) is 20.6. The quantitative estimate of drug-likeness (QED) is 0.471. The number of nitrogens with one attached hydrogen (secondary N) is 1. The van der Waals surface area contributed by atoms with Gasteiger partial charge in [0.25, 0.3) is 0 Å². The SMILES string of the molecule is O=C(c1cccc(C(F)(F)F)c1)c1c(-c2ccccc2)[nH]c2ccccc2c1=O. The molecule has 144 valence electrons. The number of halogens is 3. The van der Waals surface area contributed by atoms with Crippen LogP contribution in [0.3, 0.4) is 0 Å². The molecule has 29 heavy (non-hydrogen) atoms. The highest BCUT2D eigenvalue weighted by molar-refractivity contribution is 6.13. The summed E-state index contributed by atoms with van der Waals surface area (Å²) in [6.45, 7) is 0. The minimum Gasteiger partial charge on any atom is -0.354 e. The van der Waals surface area contributed by atoms with Crippen molar-refractivity contribution in [2.45, 2.75) is 6.18 Å². The monoisotopic (exact) mass is 393 g/mol. The molecule has 0 atom stereocenters. The average Bonchev–Trinajstić information content (AvgIpc) is 2.73. The summed E-state index contributed by atoms with van der Waals surface area (Å²) in [6, 6.07) is 19.5. The Labute approximate surface area is 163 Å². The van der Waals surface area contributed by atoms with E-state index in [4.69, 9.17) is 0 Å². The number of fused-ring (bicyclic) bond motifs is 1. The molecule has 4 rings (SSSR count). The molecule has 0 unspecified atom stereocenters. The van der Waals surface area contributed by atoms with Crippen LogP contribution in [-0.4, -0.2) is 10.8 Å². The van der Waals surface area contributed by atoms with Crippen molar-refractivity contribution in [2.75, 3.05) is 0 Å². The molecule has 0 saturated carbocycles. The number of rotatable bonds is 3. The number of carbonyl (C=O) groups excluding carboxylic acids is 1. The first kappa shape index (κ1) is 18.7. The molecule has 6 heteroatoms. The Balaban J connectivity index is 1.99. The number of hydrogen-bond acceptors (Lipinski definition) is 2. The van der Waals surface area contributed by atoms with Crippen LogP contribution in [0.2, 0.25) is 0 Å². The van der Waals surface area contributed by atoms with Crippen LogP contribution in [0.25, 0.3) is 22.2 Å². The summed E-state index contributed by atoms with van der Waals surface area (Å²) < 4.78 is 39.3. The summed E-state index contributed by atoms with van der Waals surface area (Å²) in [5, 5.41) is 0.294. The Morgan fingerprint density at radius 1 is 0.828 bits per heavy atom. The van der Waals surface area contributed by atoms with Crippen LogP contribution >= 0.6 is 0 Å². The number of H-pyrrole nitrogens is 1. The van der Waals surface area contributed by atoms with Gasteiger partial charge in [-0.2, -0.15) is 13.2 Å². The van der Waals surface area contributed by atoms with Crippen LogP contribution in [0.15, 0.2) is 83.7 Å². The van der Waals surface area contributed by atoms with Crippen LogP contribution in [0.1, 0.15) is 21.5 Å². The summed E-state index contributed by atoms with van der Waals surface area (Å²) >= 11 is 0. The molecule has 1 aromatic heterocycles. The zero-order valence-corrected chi connectivity index (χ0v) is 15.0. The molecule has 0 saturated heterocycles. The third kappa shape index (κ3) is 3.45. The number of hydrogen-bond donors (Lipinski definition) is 1. The molecule has 0 radical (unpaired) electrons. The Hall–Kier alpha value is -3.67. The van der Waals surface area contributed by atoms with Crippen molar-refractivity contribution in [3.05, 3.63) is 106 Å². The maximum Gasteiger partial charge on any atom is 0.416 e. The van der Waals surface area contributed by atoms with Gasteiger partial charge in [0.2, 0.25) is 5.43 Å². The number of alkyl halides is 3. The molecule has 0 amide bonds. The van der Waals surface area contributed by atoms with Crippen LogP contribution in [0, 0.1) is 0 Å². The molecule has 4 aromatic rings. The van der Waals surface area contributed by atoms with Gasteiger partial charge in [-0.25, -0.2) is 0 Å². The van der Waals surface area contributed by atoms with E-state index < -0.39 is 23.0 Å². The molecule has 1 N–H and O–H groups in total. The number of aromatic amines is 1. The summed E-state index contributed by atoms with van der Waals surface area (Å²) in [7, 11) is 0. The maximum atomic E-state index is 13.2. The third-order valence-electron chi connectivity index (χ3n) is 4.65. The topological polar surface area (TPSA) is 49.9 Å². The van der Waals surface area contributed by atoms with E-state index in [9.17, 15) is 22.8 Å². The number of carbonyl (C=O) groups is 1. The number of aromatic nitrogens is 1. The molecule has 0 bridgehead atoms. The Morgan fingerprint density at radius 3 is 2.24 bits per heavy atom. The molecular formula is C23H14F3NO2. The second kappa shape index (κ2) is 7.05. The summed E-state index contributed by atoms with van der Waals surface area (Å²) in [6.07, 6.45) is -4.59. The van der Waals surface area contributed by atoms with Gasteiger partial charge in [0.15, 0.2) is 5.78 Å². The Bertz CT molecular complexity index is 1270. The van der Waals surface area contributed by atoms with Crippen molar-refractivity contribution in [3.63, 3.8) is 0 Å². The van der Waals surface area contributed by atoms with Crippen molar-refractivity contribution >= 4 is 16.7 Å². The van der Waals surface area contributed by atoms with Gasteiger partial charge < -0.3 is 4.98 Å². The minimum absolute atomic E-state index is 0.186. The summed E-state index contributed by atoms with van der Waals surface area (Å²) in [5.41, 5.74) is -0.450. The van der Waals surface area contributed by atoms with Gasteiger partial charge in [-0.15, -0.1) is 0 Å². The molecule has 3 nitrogen and oxygen atoms in total. The highest BCUT2D eigenvalue weighted by atomic mass is 19.4. The standard InChI is InChI=1S/C23H14F3NO2/c24-23(25,26)16-10-6-9-15(13-16)21(28)19-20(14-7-2-1-3-8-14)27-18-12-5-4-11-17(18)22(19)29/h1-13H,(H,27,29). The Morgan fingerprint density at radius 2 is 1.52 bits per heavy atom. The van der Waals surface area contributed by atoms with E-state index in [0.29, 0.717) is 16.5 Å². The fourth-order valence-corrected chi connectivity index (χ4v) is 3.25. The van der Waals surface area contributed by atoms with Crippen molar-refractivity contribution in [1.29, 1.82) is 0 Å². The molecule has 1 heterocycles. The van der Waals surface area contributed by atoms with Crippen LogP contribution < -0.4 is 5.43 Å². The lowest BCUT2D eigenvalue weighted by atomic mass is 9.95. The first-order valence-corrected chi connectivity index (χ1v) is 8.78. The lowest BCUT2D eigenvalue weighted by Gasteiger charge is -2.12. The van der Waals surface area contributed by atoms with Crippen molar-refractivity contribution in [3.8, 4) is 11.3 Å². The molecule has 0 aliphatic carbocycles. The van der Waals surface area contributed by atoms with E-state index in [2.05, 4.69) is 4.98 Å². The Kier molecular flexibility index (Phi) is 4.54. The van der Waals surface area contributed by atoms with E-state index in [1.54, 1.807) is 54.6 Å². The van der Waals surface area contributed by atoms with E-state index >= 15 is 0 Å². The predicted octanol–water partition coefficient (Wildman–Crippen LogP) is 5.44. The zero-order valence-electron chi connectivity index (χ0n) is 15.0. The fourth-order valence-electron chi connectivity index (χ4n) is 3.25. The first-order valence-electron chi connectivity index (χ1n) is 8.78. The largest absolute Gasteiger partial charge is 0.416 e. The smallest absolute Gasteiger partial charge is 0.354 e. The van der Waals surface area contributed by atoms with E-state index in [0.717, 1.165) is 18.2 Å². The van der Waals surface area contributed by atoms with Crippen LogP contribution in [-0.2, 0) is 6.18 Å². The number of ketones is 1. The normalized spacial score (nSPS) is 11.6. The van der Waals surface area contributed by atoms with Gasteiger partial charge in [0, 0.05) is 16.5 Å². The second-order valence-electron chi connectivity index (χ2n) is 6.52. The van der Waals surface area contributed by atoms with Crippen LogP contribution in [0.5, 0.6) is 0 Å². The lowest BCUT2D eigenvalue weighted by molar-refractivity contribution is -0.137. The second-order valence-corrected chi connectivity index (χ2v) is 6.52. The van der Waals surface area contributed by atoms with E-state index in [1.807, 2.05) is 0 Å². The first-order chi connectivity index (χ1) is 13.9. The number of para-hydroxylation sites is 1. The van der Waals surface area contributed by atoms with Gasteiger partial charge >= 0.3 is 6.18 Å². The average molecular weight is 393 g/mol. The van der Waals surface area contributed by atoms with Crippen molar-refractivity contribution in [1.82, 2.24) is 4.98 Å². The number of benzene rings is 3. The summed E-state index contributed by atoms with van der Waals surface area (Å²) in [4.78, 5) is 29.5. The number of pyridine rings is 1. The van der Waals surface area contributed by atoms with Gasteiger partial charge in [-0.05, 0) is 29.8 Å². The van der Waals surface area contributed by atoms with Gasteiger partial charge in [0.1, 0.15) is 0 Å². The maximum absolute atomic E-state index is 13.2. The van der Waals surface area contributed by atoms with E-state index in [-0.39, 0.29) is 16.8 Å². The van der Waals surface area contributed by atoms with Gasteiger partial charge in [0.05, 0.1) is 16.8 Å². The fraction of sp³-hybridized carbons (Fsp3) is 0.0435. The van der Waals surface area contributed by atoms with Gasteiger partial charge in [-0.3, -0.25) is 9.59 Å². The molecule has 0 spiro atoms. The van der Waals surface area contributed by atoms with E-state index in [1.165, 1.54) is 6.07 Å².